The van der Waals surface area contributed by atoms with Crippen LogP contribution in [0.5, 0.6) is 0 Å². The fourth-order valence-electron chi connectivity index (χ4n) is 1.77. The number of unbranched alkanes of at least 4 members (excludes halogenated alkanes) is 10. The van der Waals surface area contributed by atoms with E-state index in [1.807, 2.05) is 0 Å². The number of halogens is 5. The zero-order chi connectivity index (χ0) is 30.6. The summed E-state index contributed by atoms with van der Waals surface area (Å²) in [5.74, 6) is 0. The van der Waals surface area contributed by atoms with E-state index in [4.69, 9.17) is 0 Å². The summed E-state index contributed by atoms with van der Waals surface area (Å²) in [7, 11) is 2.50. The van der Waals surface area contributed by atoms with Crippen molar-refractivity contribution in [1.82, 2.24) is 0 Å². The van der Waals surface area contributed by atoms with Crippen LogP contribution in [-0.2, 0) is 0 Å². The van der Waals surface area contributed by atoms with Crippen molar-refractivity contribution in [1.29, 1.82) is 0 Å². The molecule has 0 aromatic carbocycles. The predicted molar refractivity (Wildman–Crippen MR) is 161 cm³/mol. The van der Waals surface area contributed by atoms with Gasteiger partial charge >= 0.3 is 0 Å². The van der Waals surface area contributed by atoms with Gasteiger partial charge in [-0.25, -0.2) is 0 Å². The molecule has 0 aromatic rings. The standard InChI is InChI=1S/5C5H12.5CH3F/c5*1-3-5-4-2;5*1-2/h5*3-5H2,1-2H3;5*1H3. The molecule has 0 aromatic heterocycles. The Morgan fingerprint density at radius 1 is 0.200 bits per heavy atom. The normalized spacial score (nSPS) is 6.86. The molecule has 0 amide bonds. The van der Waals surface area contributed by atoms with Crippen LogP contribution in [0.2, 0.25) is 0 Å². The van der Waals surface area contributed by atoms with Crippen molar-refractivity contribution >= 4 is 0 Å². The molecule has 0 fully saturated rings. The van der Waals surface area contributed by atoms with Crippen molar-refractivity contribution in [3.8, 4) is 0 Å². The highest BCUT2D eigenvalue weighted by Gasteiger charge is 1.70. The minimum Gasteiger partial charge on any atom is -0.255 e. The van der Waals surface area contributed by atoms with Gasteiger partial charge in [-0.2, -0.15) is 0 Å². The average molecular weight is 531 g/mol. The van der Waals surface area contributed by atoms with Gasteiger partial charge < -0.3 is 0 Å². The molecule has 230 valence electrons. The topological polar surface area (TPSA) is 0 Å². The summed E-state index contributed by atoms with van der Waals surface area (Å²) >= 11 is 0. The van der Waals surface area contributed by atoms with E-state index in [1.54, 1.807) is 0 Å². The van der Waals surface area contributed by atoms with Gasteiger partial charge in [-0.1, -0.05) is 166 Å². The summed E-state index contributed by atoms with van der Waals surface area (Å²) in [5, 5.41) is 0. The van der Waals surface area contributed by atoms with Crippen LogP contribution in [0.4, 0.5) is 22.0 Å². The summed E-state index contributed by atoms with van der Waals surface area (Å²) < 4.78 is 47.5. The third kappa shape index (κ3) is 362. The van der Waals surface area contributed by atoms with E-state index in [0.29, 0.717) is 35.9 Å². The van der Waals surface area contributed by atoms with Crippen LogP contribution < -0.4 is 0 Å². The van der Waals surface area contributed by atoms with Crippen molar-refractivity contribution in [2.75, 3.05) is 35.9 Å². The lowest BCUT2D eigenvalue weighted by molar-refractivity contribution is 0.635. The Kier molecular flexibility index (Phi) is 308. The summed E-state index contributed by atoms with van der Waals surface area (Å²) in [6, 6.07) is 0. The van der Waals surface area contributed by atoms with Gasteiger partial charge in [0.25, 0.3) is 0 Å². The third-order valence-corrected chi connectivity index (χ3v) is 3.54. The maximum atomic E-state index is 9.50. The molecule has 0 aliphatic heterocycles. The van der Waals surface area contributed by atoms with Crippen LogP contribution in [0.3, 0.4) is 0 Å². The van der Waals surface area contributed by atoms with Crippen LogP contribution in [0.25, 0.3) is 0 Å². The maximum absolute atomic E-state index is 9.50. The number of hydrogen-bond donors (Lipinski definition) is 0. The van der Waals surface area contributed by atoms with Crippen LogP contribution >= 0.6 is 0 Å². The highest BCUT2D eigenvalue weighted by molar-refractivity contribution is 4.26. The molecule has 0 heterocycles. The minimum atomic E-state index is 0.500. The molecule has 35 heavy (non-hydrogen) atoms. The van der Waals surface area contributed by atoms with Crippen molar-refractivity contribution in [2.45, 2.75) is 166 Å². The van der Waals surface area contributed by atoms with Crippen molar-refractivity contribution in [2.24, 2.45) is 0 Å². The molecule has 0 saturated carbocycles. The SMILES string of the molecule is CCCCC.CCCCC.CCCCC.CCCCC.CCCCC.CF.CF.CF.CF.CF. The summed E-state index contributed by atoms with van der Waals surface area (Å²) in [6.45, 7) is 22.1. The molecule has 0 saturated heterocycles. The molecule has 0 bridgehead atoms. The Bertz CT molecular complexity index is 93.1. The van der Waals surface area contributed by atoms with Gasteiger partial charge in [-0.05, 0) is 0 Å². The van der Waals surface area contributed by atoms with Crippen LogP contribution in [-0.4, -0.2) is 35.9 Å². The number of rotatable bonds is 10. The predicted octanol–water partition coefficient (Wildman–Crippen LogP) is 13.9. The van der Waals surface area contributed by atoms with Gasteiger partial charge in [0.05, 0.1) is 35.9 Å². The van der Waals surface area contributed by atoms with E-state index in [2.05, 4.69) is 69.2 Å². The number of alkyl halides is 5. The molecule has 0 aliphatic carbocycles. The highest BCUT2D eigenvalue weighted by atomic mass is 19.1. The molecule has 5 heteroatoms. The van der Waals surface area contributed by atoms with Gasteiger partial charge in [0.15, 0.2) is 0 Å². The smallest absolute Gasteiger partial charge is 0.0785 e. The lowest BCUT2D eigenvalue weighted by Crippen LogP contribution is -1.59. The van der Waals surface area contributed by atoms with E-state index in [1.165, 1.54) is 96.3 Å². The highest BCUT2D eigenvalue weighted by Crippen LogP contribution is 1.90. The van der Waals surface area contributed by atoms with Crippen molar-refractivity contribution < 1.29 is 22.0 Å². The van der Waals surface area contributed by atoms with Crippen molar-refractivity contribution in [3.63, 3.8) is 0 Å². The van der Waals surface area contributed by atoms with Gasteiger partial charge in [0.2, 0.25) is 0 Å². The minimum absolute atomic E-state index is 0.500. The maximum Gasteiger partial charge on any atom is 0.0785 e. The molecule has 0 atom stereocenters. The van der Waals surface area contributed by atoms with Crippen LogP contribution in [0, 0.1) is 0 Å². The molecule has 0 spiro atoms. The van der Waals surface area contributed by atoms with E-state index in [9.17, 15) is 22.0 Å². The third-order valence-electron chi connectivity index (χ3n) is 3.54. The first-order valence-electron chi connectivity index (χ1n) is 14.0. The molecular weight excluding hydrogens is 455 g/mol. The Labute approximate surface area is 223 Å². The molecule has 0 nitrogen and oxygen atoms in total. The lowest BCUT2D eigenvalue weighted by Gasteiger charge is -1.79. The largest absolute Gasteiger partial charge is 0.255 e. The van der Waals surface area contributed by atoms with E-state index < -0.39 is 0 Å². The molecule has 0 N–H and O–H groups in total. The van der Waals surface area contributed by atoms with Crippen LogP contribution in [0.1, 0.15) is 166 Å². The van der Waals surface area contributed by atoms with Crippen molar-refractivity contribution in [3.05, 3.63) is 0 Å². The monoisotopic (exact) mass is 531 g/mol. The first kappa shape index (κ1) is 64.6. The second-order valence-corrected chi connectivity index (χ2v) is 6.77. The molecule has 0 aliphatic rings. The zero-order valence-corrected chi connectivity index (χ0v) is 27.5. The second-order valence-electron chi connectivity index (χ2n) is 6.77. The summed E-state index contributed by atoms with van der Waals surface area (Å²) in [5.41, 5.74) is 0. The summed E-state index contributed by atoms with van der Waals surface area (Å²) in [6.07, 6.45) is 20.4. The molecule has 0 radical (unpaired) electrons. The molecule has 0 unspecified atom stereocenters. The summed E-state index contributed by atoms with van der Waals surface area (Å²) in [4.78, 5) is 0. The molecular formula is C30H75F5. The van der Waals surface area contributed by atoms with E-state index in [-0.39, 0.29) is 0 Å². The Balaban J connectivity index is -0.0000000256. The van der Waals surface area contributed by atoms with Crippen LogP contribution in [0.15, 0.2) is 0 Å². The average Bonchev–Trinajstić information content (AvgIpc) is 2.94. The second kappa shape index (κ2) is 167. The lowest BCUT2D eigenvalue weighted by atomic mass is 10.3. The fourth-order valence-corrected chi connectivity index (χ4v) is 1.77. The first-order chi connectivity index (χ1) is 17.1. The Hall–Kier alpha value is -0.350. The quantitative estimate of drug-likeness (QED) is 0.246. The van der Waals surface area contributed by atoms with Gasteiger partial charge in [0.1, 0.15) is 0 Å². The first-order valence-corrected chi connectivity index (χ1v) is 14.0. The van der Waals surface area contributed by atoms with Gasteiger partial charge in [0, 0.05) is 0 Å². The van der Waals surface area contributed by atoms with E-state index >= 15 is 0 Å². The number of hydrogen-bond acceptors (Lipinski definition) is 0. The Morgan fingerprint density at radius 2 is 0.257 bits per heavy atom. The van der Waals surface area contributed by atoms with E-state index in [0.717, 1.165) is 0 Å². The zero-order valence-electron chi connectivity index (χ0n) is 27.5. The van der Waals surface area contributed by atoms with Gasteiger partial charge in [-0.3, -0.25) is 22.0 Å². The Morgan fingerprint density at radius 3 is 0.257 bits per heavy atom. The van der Waals surface area contributed by atoms with Gasteiger partial charge in [-0.15, -0.1) is 0 Å². The molecule has 0 rings (SSSR count). The fraction of sp³-hybridized carbons (Fsp3) is 1.00.